The predicted octanol–water partition coefficient (Wildman–Crippen LogP) is 2.99. The standard InChI is InChI=1S/C20H30ClFN6O3/c1-20(2)7-8-27(11-20)17-15(22)16(23-19(21)24-17)25-26-18(30)14(10-28(31)12-29)9-13-5-3-4-6-13/h12-14,31H,3-11H2,1-2H3,(H,26,30)(H,23,24,25)/t14-/m1/s1. The van der Waals surface area contributed by atoms with Crippen LogP contribution in [0.4, 0.5) is 16.0 Å². The SMILES string of the molecule is CC1(C)CCN(c2nc(Cl)nc(NNC(=O)[C@H](CC3CCCC3)CN(O)C=O)c2F)C1. The average Bonchev–Trinajstić information content (AvgIpc) is 3.36. The summed E-state index contributed by atoms with van der Waals surface area (Å²) < 4.78 is 15.1. The van der Waals surface area contributed by atoms with Crippen LogP contribution in [0, 0.1) is 23.1 Å². The minimum absolute atomic E-state index is 0.0356. The molecule has 1 saturated carbocycles. The lowest BCUT2D eigenvalue weighted by Crippen LogP contribution is -2.41. The molecular formula is C20H30ClFN6O3. The number of carbonyl (C=O) groups excluding carboxylic acids is 2. The van der Waals surface area contributed by atoms with E-state index in [1.165, 1.54) is 0 Å². The van der Waals surface area contributed by atoms with E-state index >= 15 is 4.39 Å². The summed E-state index contributed by atoms with van der Waals surface area (Å²) in [6, 6.07) is 0. The summed E-state index contributed by atoms with van der Waals surface area (Å²) in [5, 5.41) is 9.89. The molecule has 0 bridgehead atoms. The largest absolute Gasteiger partial charge is 0.353 e. The maximum atomic E-state index is 15.1. The molecule has 1 aliphatic carbocycles. The Morgan fingerprint density at radius 2 is 2.13 bits per heavy atom. The highest BCUT2D eigenvalue weighted by atomic mass is 35.5. The number of hydrogen-bond acceptors (Lipinski definition) is 7. The molecule has 0 unspecified atom stereocenters. The molecule has 2 fully saturated rings. The van der Waals surface area contributed by atoms with E-state index in [2.05, 4.69) is 34.7 Å². The molecule has 0 radical (unpaired) electrons. The maximum absolute atomic E-state index is 15.1. The average molecular weight is 457 g/mol. The molecule has 1 aromatic rings. The van der Waals surface area contributed by atoms with Gasteiger partial charge in [0, 0.05) is 13.1 Å². The van der Waals surface area contributed by atoms with Crippen LogP contribution in [0.25, 0.3) is 0 Å². The fraction of sp³-hybridized carbons (Fsp3) is 0.700. The lowest BCUT2D eigenvalue weighted by Gasteiger charge is -2.23. The zero-order chi connectivity index (χ0) is 22.6. The normalized spacial score (nSPS) is 19.3. The van der Waals surface area contributed by atoms with Gasteiger partial charge in [0.25, 0.3) is 0 Å². The van der Waals surface area contributed by atoms with E-state index in [0.29, 0.717) is 30.5 Å². The second-order valence-electron chi connectivity index (χ2n) is 9.24. The molecule has 172 valence electrons. The number of amides is 2. The van der Waals surface area contributed by atoms with Gasteiger partial charge in [0.1, 0.15) is 0 Å². The number of nitrogens with zero attached hydrogens (tertiary/aromatic N) is 4. The van der Waals surface area contributed by atoms with Gasteiger partial charge in [-0.25, -0.2) is 5.06 Å². The Morgan fingerprint density at radius 1 is 1.42 bits per heavy atom. The molecule has 11 heteroatoms. The molecule has 31 heavy (non-hydrogen) atoms. The van der Waals surface area contributed by atoms with Gasteiger partial charge in [-0.1, -0.05) is 39.5 Å². The number of halogens is 2. The topological polar surface area (TPSA) is 111 Å². The summed E-state index contributed by atoms with van der Waals surface area (Å²) in [5.41, 5.74) is 5.00. The minimum atomic E-state index is -0.702. The van der Waals surface area contributed by atoms with Gasteiger partial charge >= 0.3 is 0 Å². The second kappa shape index (κ2) is 9.95. The first-order valence-corrected chi connectivity index (χ1v) is 11.0. The van der Waals surface area contributed by atoms with E-state index in [9.17, 15) is 14.8 Å². The van der Waals surface area contributed by atoms with Crippen molar-refractivity contribution in [1.82, 2.24) is 20.5 Å². The third kappa shape index (κ3) is 6.16. The molecule has 9 nitrogen and oxygen atoms in total. The van der Waals surface area contributed by atoms with Crippen molar-refractivity contribution >= 4 is 35.6 Å². The second-order valence-corrected chi connectivity index (χ2v) is 9.58. The number of hydroxylamine groups is 2. The van der Waals surface area contributed by atoms with E-state index in [1.807, 2.05) is 4.90 Å². The van der Waals surface area contributed by atoms with Crippen molar-refractivity contribution in [3.8, 4) is 0 Å². The smallest absolute Gasteiger partial charge is 0.243 e. The van der Waals surface area contributed by atoms with Crippen molar-refractivity contribution in [2.24, 2.45) is 17.3 Å². The fourth-order valence-electron chi connectivity index (χ4n) is 4.40. The van der Waals surface area contributed by atoms with Crippen molar-refractivity contribution in [1.29, 1.82) is 0 Å². The molecule has 2 amide bonds. The van der Waals surface area contributed by atoms with Crippen LogP contribution in [0.1, 0.15) is 52.4 Å². The van der Waals surface area contributed by atoms with Gasteiger partial charge in [-0.05, 0) is 35.8 Å². The van der Waals surface area contributed by atoms with E-state index in [1.54, 1.807) is 0 Å². The molecule has 3 rings (SSSR count). The highest BCUT2D eigenvalue weighted by molar-refractivity contribution is 6.28. The summed E-state index contributed by atoms with van der Waals surface area (Å²) in [4.78, 5) is 33.3. The summed E-state index contributed by atoms with van der Waals surface area (Å²) in [6.45, 7) is 5.33. The Kier molecular flexibility index (Phi) is 7.53. The first-order valence-electron chi connectivity index (χ1n) is 10.6. The third-order valence-corrected chi connectivity index (χ3v) is 6.25. The van der Waals surface area contributed by atoms with E-state index in [4.69, 9.17) is 11.6 Å². The molecule has 1 saturated heterocycles. The Bertz CT molecular complexity index is 805. The molecule has 3 N–H and O–H groups in total. The zero-order valence-electron chi connectivity index (χ0n) is 17.9. The maximum Gasteiger partial charge on any atom is 0.243 e. The van der Waals surface area contributed by atoms with Crippen LogP contribution in [0.5, 0.6) is 0 Å². The van der Waals surface area contributed by atoms with Crippen molar-refractivity contribution in [2.45, 2.75) is 52.4 Å². The lowest BCUT2D eigenvalue weighted by molar-refractivity contribution is -0.154. The van der Waals surface area contributed by atoms with E-state index in [-0.39, 0.29) is 35.3 Å². The molecule has 0 spiro atoms. The van der Waals surface area contributed by atoms with Gasteiger partial charge in [0.15, 0.2) is 11.6 Å². The van der Waals surface area contributed by atoms with Crippen molar-refractivity contribution in [2.75, 3.05) is 30.0 Å². The predicted molar refractivity (Wildman–Crippen MR) is 114 cm³/mol. The number of rotatable bonds is 9. The molecular weight excluding hydrogens is 427 g/mol. The summed E-state index contributed by atoms with van der Waals surface area (Å²) >= 11 is 6.00. The van der Waals surface area contributed by atoms with Crippen molar-refractivity contribution in [3.63, 3.8) is 0 Å². The highest BCUT2D eigenvalue weighted by Crippen LogP contribution is 2.34. The summed E-state index contributed by atoms with van der Waals surface area (Å²) in [5.74, 6) is -1.61. The van der Waals surface area contributed by atoms with Gasteiger partial charge in [-0.2, -0.15) is 14.4 Å². The first kappa shape index (κ1) is 23.5. The van der Waals surface area contributed by atoms with Gasteiger partial charge in [-0.3, -0.25) is 25.6 Å². The number of hydrazine groups is 1. The van der Waals surface area contributed by atoms with Crippen LogP contribution in [-0.4, -0.2) is 52.2 Å². The highest BCUT2D eigenvalue weighted by Gasteiger charge is 2.33. The quantitative estimate of drug-likeness (QED) is 0.227. The minimum Gasteiger partial charge on any atom is -0.353 e. The van der Waals surface area contributed by atoms with Crippen LogP contribution < -0.4 is 15.8 Å². The van der Waals surface area contributed by atoms with Crippen molar-refractivity contribution in [3.05, 3.63) is 11.1 Å². The summed E-state index contributed by atoms with van der Waals surface area (Å²) in [6.07, 6.45) is 5.91. The Hall–Kier alpha value is -2.20. The molecule has 0 aromatic carbocycles. The van der Waals surface area contributed by atoms with Gasteiger partial charge in [-0.15, -0.1) is 0 Å². The fourth-order valence-corrected chi connectivity index (χ4v) is 4.56. The van der Waals surface area contributed by atoms with E-state index < -0.39 is 17.6 Å². The molecule has 1 aliphatic heterocycles. The van der Waals surface area contributed by atoms with Crippen LogP contribution in [0.3, 0.4) is 0 Å². The zero-order valence-corrected chi connectivity index (χ0v) is 18.7. The first-order chi connectivity index (χ1) is 14.7. The van der Waals surface area contributed by atoms with Crippen LogP contribution in [-0.2, 0) is 9.59 Å². The van der Waals surface area contributed by atoms with Crippen LogP contribution >= 0.6 is 11.6 Å². The number of nitrogens with one attached hydrogen (secondary N) is 2. The van der Waals surface area contributed by atoms with Crippen LogP contribution in [0.15, 0.2) is 0 Å². The number of anilines is 2. The Labute approximate surface area is 186 Å². The van der Waals surface area contributed by atoms with Gasteiger partial charge in [0.2, 0.25) is 23.4 Å². The van der Waals surface area contributed by atoms with Crippen LogP contribution in [0.2, 0.25) is 5.28 Å². The Morgan fingerprint density at radius 3 is 2.74 bits per heavy atom. The summed E-state index contributed by atoms with van der Waals surface area (Å²) in [7, 11) is 0. The van der Waals surface area contributed by atoms with Crippen molar-refractivity contribution < 1.29 is 19.2 Å². The number of hydrogen-bond donors (Lipinski definition) is 3. The molecule has 2 heterocycles. The molecule has 1 aromatic heterocycles. The van der Waals surface area contributed by atoms with Gasteiger partial charge < -0.3 is 4.90 Å². The molecule has 1 atom stereocenters. The molecule has 2 aliphatic rings. The van der Waals surface area contributed by atoms with Gasteiger partial charge in [0.05, 0.1) is 12.5 Å². The number of carbonyl (C=O) groups is 2. The van der Waals surface area contributed by atoms with E-state index in [0.717, 1.165) is 32.1 Å². The third-order valence-electron chi connectivity index (χ3n) is 6.08. The number of aromatic nitrogens is 2. The lowest BCUT2D eigenvalue weighted by atomic mass is 9.92. The Balaban J connectivity index is 1.69. The monoisotopic (exact) mass is 456 g/mol.